The van der Waals surface area contributed by atoms with E-state index in [0.29, 0.717) is 28.1 Å². The predicted molar refractivity (Wildman–Crippen MR) is 92.6 cm³/mol. The lowest BCUT2D eigenvalue weighted by atomic mass is 10.1. The van der Waals surface area contributed by atoms with E-state index >= 15 is 0 Å². The van der Waals surface area contributed by atoms with Crippen LogP contribution in [0.25, 0.3) is 0 Å². The van der Waals surface area contributed by atoms with E-state index in [2.05, 4.69) is 4.98 Å². The molecule has 0 aliphatic rings. The molecule has 0 spiro atoms. The van der Waals surface area contributed by atoms with Crippen molar-refractivity contribution in [2.75, 3.05) is 13.7 Å². The number of Topliss-reactive ketones (excluding diaryl/α,β-unsaturated/α-hetero) is 2. The van der Waals surface area contributed by atoms with Gasteiger partial charge in [0, 0.05) is 11.3 Å². The van der Waals surface area contributed by atoms with Crippen LogP contribution in [-0.4, -0.2) is 36.2 Å². The molecule has 25 heavy (non-hydrogen) atoms. The molecule has 0 saturated carbocycles. The lowest BCUT2D eigenvalue weighted by Crippen LogP contribution is -2.16. The molecule has 0 atom stereocenters. The van der Waals surface area contributed by atoms with E-state index in [4.69, 9.17) is 9.47 Å². The van der Waals surface area contributed by atoms with E-state index in [-0.39, 0.29) is 17.3 Å². The number of carbonyl (C=O) groups excluding carboxylic acids is 3. The number of rotatable bonds is 6. The third-order valence-corrected chi connectivity index (χ3v) is 3.99. The van der Waals surface area contributed by atoms with Crippen LogP contribution >= 0.6 is 0 Å². The fraction of sp³-hybridized carbons (Fsp3) is 0.316. The second-order valence-corrected chi connectivity index (χ2v) is 5.88. The zero-order chi connectivity index (χ0) is 18.7. The molecule has 2 rings (SSSR count). The largest absolute Gasteiger partial charge is 0.496 e. The second kappa shape index (κ2) is 7.34. The summed E-state index contributed by atoms with van der Waals surface area (Å²) in [4.78, 5) is 39.1. The lowest BCUT2D eigenvalue weighted by Gasteiger charge is -2.09. The molecule has 2 aromatic rings. The van der Waals surface area contributed by atoms with Gasteiger partial charge in [-0.15, -0.1) is 0 Å². The third kappa shape index (κ3) is 3.79. The van der Waals surface area contributed by atoms with Gasteiger partial charge in [0.05, 0.1) is 12.7 Å². The number of esters is 1. The SMILES string of the molecule is COc1cc(C)ccc1C(=O)COC(=O)c1[nH]c(C)c(C(C)=O)c1C. The molecule has 1 aromatic carbocycles. The Labute approximate surface area is 146 Å². The normalized spacial score (nSPS) is 10.4. The number of aromatic nitrogens is 1. The van der Waals surface area contributed by atoms with Gasteiger partial charge < -0.3 is 14.5 Å². The molecule has 132 valence electrons. The Morgan fingerprint density at radius 1 is 1.12 bits per heavy atom. The molecule has 1 heterocycles. The molecule has 0 unspecified atom stereocenters. The van der Waals surface area contributed by atoms with Gasteiger partial charge in [-0.25, -0.2) is 4.79 Å². The van der Waals surface area contributed by atoms with Gasteiger partial charge in [-0.1, -0.05) is 6.07 Å². The molecular formula is C19H21NO5. The van der Waals surface area contributed by atoms with Crippen LogP contribution in [0.4, 0.5) is 0 Å². The molecule has 1 aromatic heterocycles. The predicted octanol–water partition coefficient (Wildman–Crippen LogP) is 3.19. The molecular weight excluding hydrogens is 322 g/mol. The van der Waals surface area contributed by atoms with E-state index < -0.39 is 12.6 Å². The zero-order valence-electron chi connectivity index (χ0n) is 15.0. The number of aryl methyl sites for hydroxylation is 2. The maximum atomic E-state index is 12.3. The van der Waals surface area contributed by atoms with Crippen molar-refractivity contribution >= 4 is 17.5 Å². The van der Waals surface area contributed by atoms with E-state index in [1.807, 2.05) is 6.92 Å². The van der Waals surface area contributed by atoms with Gasteiger partial charge in [-0.3, -0.25) is 9.59 Å². The molecule has 0 fully saturated rings. The summed E-state index contributed by atoms with van der Waals surface area (Å²) in [6, 6.07) is 5.17. The third-order valence-electron chi connectivity index (χ3n) is 3.99. The van der Waals surface area contributed by atoms with Crippen molar-refractivity contribution in [3.8, 4) is 5.75 Å². The van der Waals surface area contributed by atoms with Crippen LogP contribution in [0, 0.1) is 20.8 Å². The highest BCUT2D eigenvalue weighted by Gasteiger charge is 2.22. The number of ether oxygens (including phenoxy) is 2. The van der Waals surface area contributed by atoms with E-state index in [0.717, 1.165) is 5.56 Å². The number of hydrogen-bond donors (Lipinski definition) is 1. The van der Waals surface area contributed by atoms with E-state index in [1.165, 1.54) is 14.0 Å². The molecule has 1 N–H and O–H groups in total. The molecule has 6 nitrogen and oxygen atoms in total. The molecule has 0 bridgehead atoms. The Balaban J connectivity index is 2.14. The molecule has 0 saturated heterocycles. The number of methoxy groups -OCH3 is 1. The van der Waals surface area contributed by atoms with E-state index in [1.54, 1.807) is 32.0 Å². The average Bonchev–Trinajstić information content (AvgIpc) is 2.86. The first kappa shape index (κ1) is 18.4. The fourth-order valence-electron chi connectivity index (χ4n) is 2.79. The molecule has 0 radical (unpaired) electrons. The fourth-order valence-corrected chi connectivity index (χ4v) is 2.79. The summed E-state index contributed by atoms with van der Waals surface area (Å²) in [6.45, 7) is 6.29. The quantitative estimate of drug-likeness (QED) is 0.643. The smallest absolute Gasteiger partial charge is 0.355 e. The second-order valence-electron chi connectivity index (χ2n) is 5.88. The summed E-state index contributed by atoms with van der Waals surface area (Å²) in [5, 5.41) is 0. The van der Waals surface area contributed by atoms with Crippen LogP contribution < -0.4 is 4.74 Å². The first-order valence-electron chi connectivity index (χ1n) is 7.81. The summed E-state index contributed by atoms with van der Waals surface area (Å²) < 4.78 is 10.3. The Bertz CT molecular complexity index is 848. The Morgan fingerprint density at radius 2 is 1.80 bits per heavy atom. The van der Waals surface area contributed by atoms with Crippen molar-refractivity contribution in [2.24, 2.45) is 0 Å². The van der Waals surface area contributed by atoms with Crippen LogP contribution in [0.5, 0.6) is 5.75 Å². The first-order valence-corrected chi connectivity index (χ1v) is 7.81. The summed E-state index contributed by atoms with van der Waals surface area (Å²) in [5.41, 5.74) is 3.09. The Kier molecular flexibility index (Phi) is 5.41. The number of nitrogens with one attached hydrogen (secondary N) is 1. The topological polar surface area (TPSA) is 85.5 Å². The number of carbonyl (C=O) groups is 3. The molecule has 0 aliphatic heterocycles. The molecule has 6 heteroatoms. The number of aromatic amines is 1. The van der Waals surface area contributed by atoms with Gasteiger partial charge >= 0.3 is 5.97 Å². The summed E-state index contributed by atoms with van der Waals surface area (Å²) in [6.07, 6.45) is 0. The highest BCUT2D eigenvalue weighted by Crippen LogP contribution is 2.22. The van der Waals surface area contributed by atoms with Crippen molar-refractivity contribution in [1.29, 1.82) is 0 Å². The summed E-state index contributed by atoms with van der Waals surface area (Å²) >= 11 is 0. The highest BCUT2D eigenvalue weighted by atomic mass is 16.5. The van der Waals surface area contributed by atoms with Crippen LogP contribution in [0.2, 0.25) is 0 Å². The lowest BCUT2D eigenvalue weighted by molar-refractivity contribution is 0.0468. The van der Waals surface area contributed by atoms with Crippen molar-refractivity contribution in [1.82, 2.24) is 4.98 Å². The van der Waals surface area contributed by atoms with Crippen molar-refractivity contribution in [2.45, 2.75) is 27.7 Å². The van der Waals surface area contributed by atoms with Crippen LogP contribution in [0.3, 0.4) is 0 Å². The number of H-pyrrole nitrogens is 1. The maximum Gasteiger partial charge on any atom is 0.355 e. The van der Waals surface area contributed by atoms with Gasteiger partial charge in [0.1, 0.15) is 11.4 Å². The highest BCUT2D eigenvalue weighted by molar-refractivity contribution is 6.03. The monoisotopic (exact) mass is 343 g/mol. The van der Waals surface area contributed by atoms with Gasteiger partial charge in [-0.2, -0.15) is 0 Å². The van der Waals surface area contributed by atoms with Crippen molar-refractivity contribution < 1.29 is 23.9 Å². The van der Waals surface area contributed by atoms with Gasteiger partial charge in [0.15, 0.2) is 12.4 Å². The number of benzene rings is 1. The Morgan fingerprint density at radius 3 is 2.36 bits per heavy atom. The minimum atomic E-state index is -0.674. The Hall–Kier alpha value is -2.89. The number of hydrogen-bond acceptors (Lipinski definition) is 5. The van der Waals surface area contributed by atoms with Gasteiger partial charge in [0.2, 0.25) is 5.78 Å². The van der Waals surface area contributed by atoms with Gasteiger partial charge in [0.25, 0.3) is 0 Å². The van der Waals surface area contributed by atoms with Crippen molar-refractivity contribution in [3.63, 3.8) is 0 Å². The van der Waals surface area contributed by atoms with Crippen molar-refractivity contribution in [3.05, 3.63) is 51.8 Å². The van der Waals surface area contributed by atoms with Crippen LogP contribution in [0.15, 0.2) is 18.2 Å². The minimum Gasteiger partial charge on any atom is -0.496 e. The average molecular weight is 343 g/mol. The molecule has 0 aliphatic carbocycles. The summed E-state index contributed by atoms with van der Waals surface area (Å²) in [7, 11) is 1.48. The number of ketones is 2. The standard InChI is InChI=1S/C19H21NO5/c1-10-6-7-14(16(8-10)24-5)15(22)9-25-19(23)18-11(2)17(13(4)21)12(3)20-18/h6-8,20H,9H2,1-5H3. The minimum absolute atomic E-state index is 0.134. The van der Waals surface area contributed by atoms with Gasteiger partial charge in [-0.05, 0) is 51.0 Å². The zero-order valence-corrected chi connectivity index (χ0v) is 15.0. The molecule has 0 amide bonds. The van der Waals surface area contributed by atoms with Crippen LogP contribution in [-0.2, 0) is 4.74 Å². The first-order chi connectivity index (χ1) is 11.8. The van der Waals surface area contributed by atoms with Crippen LogP contribution in [0.1, 0.15) is 54.9 Å². The maximum absolute atomic E-state index is 12.3. The van der Waals surface area contributed by atoms with E-state index in [9.17, 15) is 14.4 Å². The summed E-state index contributed by atoms with van der Waals surface area (Å²) in [5.74, 6) is -0.733.